The fraction of sp³-hybridized carbons (Fsp3) is 0.625. The van der Waals surface area contributed by atoms with Crippen LogP contribution in [0.2, 0.25) is 0 Å². The van der Waals surface area contributed by atoms with Crippen molar-refractivity contribution in [2.75, 3.05) is 32.7 Å². The van der Waals surface area contributed by atoms with Crippen molar-refractivity contribution < 1.29 is 0 Å². The summed E-state index contributed by atoms with van der Waals surface area (Å²) in [6.07, 6.45) is 2.62. The van der Waals surface area contributed by atoms with E-state index in [0.717, 1.165) is 26.2 Å². The van der Waals surface area contributed by atoms with Crippen LogP contribution in [0.5, 0.6) is 0 Å². The zero-order valence-electron chi connectivity index (χ0n) is 12.1. The summed E-state index contributed by atoms with van der Waals surface area (Å²) in [6.45, 7) is 8.64. The van der Waals surface area contributed by atoms with Gasteiger partial charge in [0.2, 0.25) is 0 Å². The van der Waals surface area contributed by atoms with E-state index in [1.807, 2.05) is 0 Å². The van der Waals surface area contributed by atoms with Gasteiger partial charge < -0.3 is 5.73 Å². The molecule has 0 aliphatic carbocycles. The number of piperidine rings is 1. The third-order valence-corrected chi connectivity index (χ3v) is 4.07. The van der Waals surface area contributed by atoms with Gasteiger partial charge in [0, 0.05) is 32.2 Å². The highest BCUT2D eigenvalue weighted by Gasteiger charge is 2.23. The first kappa shape index (κ1) is 14.5. The first-order valence-electron chi connectivity index (χ1n) is 7.54. The molecule has 1 aliphatic heterocycles. The predicted molar refractivity (Wildman–Crippen MR) is 81.0 cm³/mol. The molecule has 2 N–H and O–H groups in total. The van der Waals surface area contributed by atoms with Gasteiger partial charge in [-0.3, -0.25) is 9.80 Å². The molecule has 1 aromatic rings. The summed E-state index contributed by atoms with van der Waals surface area (Å²) in [5.41, 5.74) is 7.14. The average Bonchev–Trinajstić information content (AvgIpc) is 2.46. The lowest BCUT2D eigenvalue weighted by molar-refractivity contribution is 0.0990. The molecule has 0 amide bonds. The number of rotatable bonds is 6. The highest BCUT2D eigenvalue weighted by molar-refractivity contribution is 5.14. The maximum Gasteiger partial charge on any atom is 0.0234 e. The van der Waals surface area contributed by atoms with Gasteiger partial charge in [-0.05, 0) is 31.5 Å². The molecule has 0 aromatic heterocycles. The van der Waals surface area contributed by atoms with Gasteiger partial charge in [-0.15, -0.1) is 0 Å². The fourth-order valence-corrected chi connectivity index (χ4v) is 3.08. The summed E-state index contributed by atoms with van der Waals surface area (Å²) in [5.74, 6) is 0. The molecular weight excluding hydrogens is 234 g/mol. The van der Waals surface area contributed by atoms with Crippen molar-refractivity contribution in [1.82, 2.24) is 9.80 Å². The highest BCUT2D eigenvalue weighted by atomic mass is 15.2. The van der Waals surface area contributed by atoms with E-state index in [4.69, 9.17) is 5.73 Å². The zero-order valence-corrected chi connectivity index (χ0v) is 12.1. The minimum Gasteiger partial charge on any atom is -0.329 e. The zero-order chi connectivity index (χ0) is 13.5. The second kappa shape index (κ2) is 7.63. The van der Waals surface area contributed by atoms with Crippen molar-refractivity contribution in [2.24, 2.45) is 5.73 Å². The molecule has 3 heteroatoms. The number of hydrogen-bond donors (Lipinski definition) is 1. The summed E-state index contributed by atoms with van der Waals surface area (Å²) < 4.78 is 0. The van der Waals surface area contributed by atoms with Crippen molar-refractivity contribution in [1.29, 1.82) is 0 Å². The Bertz CT molecular complexity index is 352. The number of hydrogen-bond acceptors (Lipinski definition) is 3. The van der Waals surface area contributed by atoms with Crippen LogP contribution in [-0.2, 0) is 6.54 Å². The largest absolute Gasteiger partial charge is 0.329 e. The summed E-state index contributed by atoms with van der Waals surface area (Å²) in [4.78, 5) is 5.12. The Morgan fingerprint density at radius 2 is 2.11 bits per heavy atom. The normalized spacial score (nSPS) is 20.9. The fourth-order valence-electron chi connectivity index (χ4n) is 3.08. The molecule has 1 fully saturated rings. The van der Waals surface area contributed by atoms with Crippen molar-refractivity contribution in [3.63, 3.8) is 0 Å². The molecule has 2 rings (SSSR count). The molecule has 106 valence electrons. The summed E-state index contributed by atoms with van der Waals surface area (Å²) in [5, 5.41) is 0. The molecular formula is C16H27N3. The molecule has 0 radical (unpaired) electrons. The lowest BCUT2D eigenvalue weighted by Crippen LogP contribution is -2.48. The second-order valence-electron chi connectivity index (χ2n) is 5.43. The molecule has 1 atom stereocenters. The average molecular weight is 261 g/mol. The highest BCUT2D eigenvalue weighted by Crippen LogP contribution is 2.17. The van der Waals surface area contributed by atoms with Gasteiger partial charge in [-0.25, -0.2) is 0 Å². The van der Waals surface area contributed by atoms with Crippen LogP contribution >= 0.6 is 0 Å². The van der Waals surface area contributed by atoms with Crippen LogP contribution in [0.3, 0.4) is 0 Å². The Hall–Kier alpha value is -0.900. The Morgan fingerprint density at radius 1 is 1.32 bits per heavy atom. The first-order valence-corrected chi connectivity index (χ1v) is 7.54. The third-order valence-electron chi connectivity index (χ3n) is 4.07. The minimum absolute atomic E-state index is 0.686. The monoisotopic (exact) mass is 261 g/mol. The smallest absolute Gasteiger partial charge is 0.0234 e. The summed E-state index contributed by atoms with van der Waals surface area (Å²) in [6, 6.07) is 11.5. The SMILES string of the molecule is CCN(CCN)[C@H]1CCCN(Cc2ccccc2)C1. The van der Waals surface area contributed by atoms with Gasteiger partial charge >= 0.3 is 0 Å². The van der Waals surface area contributed by atoms with Gasteiger partial charge in [-0.2, -0.15) is 0 Å². The van der Waals surface area contributed by atoms with Crippen LogP contribution in [0.1, 0.15) is 25.3 Å². The van der Waals surface area contributed by atoms with Crippen molar-refractivity contribution in [2.45, 2.75) is 32.4 Å². The molecule has 0 bridgehead atoms. The Labute approximate surface area is 117 Å². The number of likely N-dealkylation sites (N-methyl/N-ethyl adjacent to an activating group) is 1. The third kappa shape index (κ3) is 4.30. The Kier molecular flexibility index (Phi) is 5.83. The quantitative estimate of drug-likeness (QED) is 0.849. The number of likely N-dealkylation sites (tertiary alicyclic amines) is 1. The second-order valence-corrected chi connectivity index (χ2v) is 5.43. The number of benzene rings is 1. The topological polar surface area (TPSA) is 32.5 Å². The maximum atomic E-state index is 5.71. The van der Waals surface area contributed by atoms with Crippen LogP contribution in [0.25, 0.3) is 0 Å². The van der Waals surface area contributed by atoms with E-state index in [2.05, 4.69) is 47.1 Å². The van der Waals surface area contributed by atoms with E-state index >= 15 is 0 Å². The molecule has 1 heterocycles. The summed E-state index contributed by atoms with van der Waals surface area (Å²) >= 11 is 0. The minimum atomic E-state index is 0.686. The van der Waals surface area contributed by atoms with Gasteiger partial charge in [0.1, 0.15) is 0 Å². The van der Waals surface area contributed by atoms with Gasteiger partial charge in [0.15, 0.2) is 0 Å². The summed E-state index contributed by atoms with van der Waals surface area (Å²) in [7, 11) is 0. The lowest BCUT2D eigenvalue weighted by Gasteiger charge is -2.39. The predicted octanol–water partition coefficient (Wildman–Crippen LogP) is 1.93. The van der Waals surface area contributed by atoms with E-state index in [0.29, 0.717) is 6.04 Å². The van der Waals surface area contributed by atoms with Gasteiger partial charge in [-0.1, -0.05) is 37.3 Å². The van der Waals surface area contributed by atoms with Gasteiger partial charge in [0.25, 0.3) is 0 Å². The van der Waals surface area contributed by atoms with Crippen LogP contribution < -0.4 is 5.73 Å². The van der Waals surface area contributed by atoms with E-state index in [-0.39, 0.29) is 0 Å². The molecule has 3 nitrogen and oxygen atoms in total. The number of nitrogens with two attached hydrogens (primary N) is 1. The molecule has 1 aliphatic rings. The molecule has 1 saturated heterocycles. The van der Waals surface area contributed by atoms with Crippen LogP contribution in [-0.4, -0.2) is 48.6 Å². The van der Waals surface area contributed by atoms with Crippen molar-refractivity contribution in [3.05, 3.63) is 35.9 Å². The molecule has 0 saturated carbocycles. The van der Waals surface area contributed by atoms with E-state index in [1.54, 1.807) is 0 Å². The molecule has 0 spiro atoms. The van der Waals surface area contributed by atoms with E-state index < -0.39 is 0 Å². The maximum absolute atomic E-state index is 5.71. The Morgan fingerprint density at radius 3 is 2.79 bits per heavy atom. The van der Waals surface area contributed by atoms with Gasteiger partial charge in [0.05, 0.1) is 0 Å². The standard InChI is InChI=1S/C16H27N3/c1-2-19(12-10-17)16-9-6-11-18(14-16)13-15-7-4-3-5-8-15/h3-5,7-8,16H,2,6,9-14,17H2,1H3/t16-/m0/s1. The Balaban J connectivity index is 1.89. The lowest BCUT2D eigenvalue weighted by atomic mass is 10.0. The molecule has 1 aromatic carbocycles. The van der Waals surface area contributed by atoms with Crippen LogP contribution in [0, 0.1) is 0 Å². The van der Waals surface area contributed by atoms with Crippen LogP contribution in [0.4, 0.5) is 0 Å². The molecule has 19 heavy (non-hydrogen) atoms. The van der Waals surface area contributed by atoms with Crippen molar-refractivity contribution in [3.8, 4) is 0 Å². The van der Waals surface area contributed by atoms with Crippen LogP contribution in [0.15, 0.2) is 30.3 Å². The van der Waals surface area contributed by atoms with E-state index in [9.17, 15) is 0 Å². The number of nitrogens with zero attached hydrogens (tertiary/aromatic N) is 2. The first-order chi connectivity index (χ1) is 9.33. The molecule has 0 unspecified atom stereocenters. The van der Waals surface area contributed by atoms with E-state index in [1.165, 1.54) is 31.5 Å². The van der Waals surface area contributed by atoms with Crippen molar-refractivity contribution >= 4 is 0 Å².